The molecular weight excluding hydrogens is 432 g/mol. The number of hydrogen-bond acceptors (Lipinski definition) is 7. The highest BCUT2D eigenvalue weighted by Gasteiger charge is 2.37. The van der Waals surface area contributed by atoms with Gasteiger partial charge in [0.05, 0.1) is 49.2 Å². The van der Waals surface area contributed by atoms with Gasteiger partial charge in [-0.25, -0.2) is 4.98 Å². The first kappa shape index (κ1) is 22.4. The summed E-state index contributed by atoms with van der Waals surface area (Å²) in [7, 11) is 1.66. The van der Waals surface area contributed by atoms with E-state index in [-0.39, 0.29) is 0 Å². The van der Waals surface area contributed by atoms with E-state index in [0.717, 1.165) is 33.8 Å². The molecule has 6 rings (SSSR count). The number of hydrogen-bond donors (Lipinski definition) is 1. The Balaban J connectivity index is 1.20. The Bertz CT molecular complexity index is 1140. The van der Waals surface area contributed by atoms with E-state index in [1.807, 2.05) is 18.2 Å². The van der Waals surface area contributed by atoms with Crippen molar-refractivity contribution >= 4 is 32.4 Å². The van der Waals surface area contributed by atoms with Crippen molar-refractivity contribution in [3.63, 3.8) is 0 Å². The predicted octanol–water partition coefficient (Wildman–Crippen LogP) is 4.83. The third-order valence-corrected chi connectivity index (χ3v) is 8.18. The number of fused-ring (bicyclic) bond motifs is 4. The number of aromatic nitrogens is 1. The summed E-state index contributed by atoms with van der Waals surface area (Å²) in [5.74, 6) is 0.799. The van der Waals surface area contributed by atoms with Crippen molar-refractivity contribution in [1.82, 2.24) is 15.2 Å². The normalized spacial score (nSPS) is 23.4. The average Bonchev–Trinajstić information content (AvgIpc) is 3.26. The molecule has 0 saturated carbocycles. The molecule has 0 spiro atoms. The highest BCUT2D eigenvalue weighted by atomic mass is 32.1. The van der Waals surface area contributed by atoms with Crippen LogP contribution in [0.4, 0.5) is 10.8 Å². The van der Waals surface area contributed by atoms with Crippen molar-refractivity contribution in [2.45, 2.75) is 19.9 Å². The molecule has 2 bridgehead atoms. The monoisotopic (exact) mass is 465 g/mol. The average molecular weight is 466 g/mol. The van der Waals surface area contributed by atoms with E-state index >= 15 is 0 Å². The maximum Gasteiger partial charge on any atom is 0.231 e. The first-order valence-corrected chi connectivity index (χ1v) is 12.6. The number of thiazole rings is 1. The number of piperazine rings is 3. The van der Waals surface area contributed by atoms with Crippen LogP contribution in [0.3, 0.4) is 0 Å². The number of methoxy groups -OCH3 is 1. The Morgan fingerprint density at radius 2 is 1.91 bits per heavy atom. The third kappa shape index (κ3) is 4.94. The van der Waals surface area contributed by atoms with Gasteiger partial charge in [0.25, 0.3) is 0 Å². The SMILES string of the molecule is COc1ccc2sc(N=Nc3ccc(C(C)NCC[N+]45CCN(CC4)CC5)cc3C)nc2c1. The molecule has 1 unspecified atom stereocenters. The van der Waals surface area contributed by atoms with Crippen LogP contribution in [0.15, 0.2) is 46.6 Å². The summed E-state index contributed by atoms with van der Waals surface area (Å²) in [4.78, 5) is 7.17. The summed E-state index contributed by atoms with van der Waals surface area (Å²) in [6, 6.07) is 12.6. The minimum Gasteiger partial charge on any atom is -0.497 e. The molecule has 33 heavy (non-hydrogen) atoms. The molecule has 3 aromatic rings. The van der Waals surface area contributed by atoms with E-state index < -0.39 is 0 Å². The van der Waals surface area contributed by atoms with Gasteiger partial charge in [0.2, 0.25) is 5.13 Å². The number of aryl methyl sites for hydroxylation is 1. The fourth-order valence-electron chi connectivity index (χ4n) is 4.92. The van der Waals surface area contributed by atoms with Crippen molar-refractivity contribution in [2.24, 2.45) is 10.2 Å². The van der Waals surface area contributed by atoms with Crippen LogP contribution in [-0.2, 0) is 0 Å². The van der Waals surface area contributed by atoms with Crippen LogP contribution in [0.25, 0.3) is 10.2 Å². The van der Waals surface area contributed by atoms with Gasteiger partial charge < -0.3 is 14.5 Å². The number of azo groups is 1. The first-order chi connectivity index (χ1) is 16.0. The Labute approximate surface area is 199 Å². The van der Waals surface area contributed by atoms with Crippen molar-refractivity contribution in [1.29, 1.82) is 0 Å². The summed E-state index contributed by atoms with van der Waals surface area (Å²) in [6.45, 7) is 14.4. The van der Waals surface area contributed by atoms with Crippen LogP contribution in [0, 0.1) is 6.92 Å². The van der Waals surface area contributed by atoms with Crippen molar-refractivity contribution < 1.29 is 9.22 Å². The molecule has 3 aliphatic rings. The van der Waals surface area contributed by atoms with Crippen LogP contribution < -0.4 is 10.1 Å². The van der Waals surface area contributed by atoms with Gasteiger partial charge >= 0.3 is 0 Å². The third-order valence-electron chi connectivity index (χ3n) is 7.26. The van der Waals surface area contributed by atoms with Gasteiger partial charge in [0.1, 0.15) is 5.75 Å². The molecule has 8 heteroatoms. The van der Waals surface area contributed by atoms with Gasteiger partial charge in [-0.3, -0.25) is 4.90 Å². The number of quaternary nitrogens is 1. The number of nitrogens with zero attached hydrogens (tertiary/aromatic N) is 5. The molecule has 4 heterocycles. The predicted molar refractivity (Wildman–Crippen MR) is 134 cm³/mol. The Morgan fingerprint density at radius 1 is 1.12 bits per heavy atom. The van der Waals surface area contributed by atoms with E-state index in [0.29, 0.717) is 11.2 Å². The highest BCUT2D eigenvalue weighted by Crippen LogP contribution is 2.32. The Morgan fingerprint density at radius 3 is 2.64 bits per heavy atom. The topological polar surface area (TPSA) is 62.1 Å². The molecule has 1 aromatic heterocycles. The summed E-state index contributed by atoms with van der Waals surface area (Å²) in [5.41, 5.74) is 4.19. The zero-order chi connectivity index (χ0) is 22.8. The van der Waals surface area contributed by atoms with Crippen LogP contribution in [0.5, 0.6) is 5.75 Å². The molecule has 2 aromatic carbocycles. The van der Waals surface area contributed by atoms with Crippen LogP contribution in [0.2, 0.25) is 0 Å². The minimum atomic E-state index is 0.318. The lowest BCUT2D eigenvalue weighted by atomic mass is 10.0. The second kappa shape index (κ2) is 9.46. The van der Waals surface area contributed by atoms with Crippen molar-refractivity contribution in [3.05, 3.63) is 47.5 Å². The maximum atomic E-state index is 5.28. The van der Waals surface area contributed by atoms with E-state index in [1.165, 1.54) is 67.2 Å². The molecule has 0 radical (unpaired) electrons. The molecule has 1 atom stereocenters. The van der Waals surface area contributed by atoms with Gasteiger partial charge in [0, 0.05) is 38.3 Å². The summed E-state index contributed by atoms with van der Waals surface area (Å²) in [5, 5.41) is 13.3. The molecule has 0 aliphatic carbocycles. The standard InChI is InChI=1S/C25H33N6OS/c1-18-16-20(19(2)26-8-12-31-13-9-30(10-14-31)11-15-31)4-6-22(18)28-29-25-27-23-17-21(32-3)5-7-24(23)33-25/h4-7,16-17,19,26H,8-15H2,1-3H3/q+1. The molecule has 3 aliphatic heterocycles. The van der Waals surface area contributed by atoms with E-state index in [2.05, 4.69) is 57.5 Å². The molecule has 7 nitrogen and oxygen atoms in total. The van der Waals surface area contributed by atoms with Gasteiger partial charge in [-0.2, -0.15) is 0 Å². The first-order valence-electron chi connectivity index (χ1n) is 11.8. The van der Waals surface area contributed by atoms with Gasteiger partial charge in [-0.15, -0.1) is 10.2 Å². The van der Waals surface area contributed by atoms with Crippen LogP contribution in [-0.4, -0.2) is 73.8 Å². The lowest BCUT2D eigenvalue weighted by molar-refractivity contribution is -0.939. The maximum absolute atomic E-state index is 5.28. The van der Waals surface area contributed by atoms with Crippen LogP contribution in [0.1, 0.15) is 24.1 Å². The summed E-state index contributed by atoms with van der Waals surface area (Å²) < 4.78 is 7.65. The van der Waals surface area contributed by atoms with E-state index in [4.69, 9.17) is 4.74 Å². The zero-order valence-corrected chi connectivity index (χ0v) is 20.6. The molecule has 0 amide bonds. The van der Waals surface area contributed by atoms with Crippen molar-refractivity contribution in [3.8, 4) is 5.75 Å². The van der Waals surface area contributed by atoms with Crippen LogP contribution >= 0.6 is 11.3 Å². The lowest BCUT2D eigenvalue weighted by Crippen LogP contribution is -2.68. The minimum absolute atomic E-state index is 0.318. The number of rotatable bonds is 8. The highest BCUT2D eigenvalue weighted by molar-refractivity contribution is 7.21. The summed E-state index contributed by atoms with van der Waals surface area (Å²) >= 11 is 1.53. The van der Waals surface area contributed by atoms with Crippen molar-refractivity contribution in [2.75, 3.05) is 59.5 Å². The second-order valence-electron chi connectivity index (χ2n) is 9.33. The molecule has 3 saturated heterocycles. The number of ether oxygens (including phenoxy) is 1. The van der Waals surface area contributed by atoms with E-state index in [9.17, 15) is 0 Å². The molecule has 174 valence electrons. The van der Waals surface area contributed by atoms with Gasteiger partial charge in [-0.1, -0.05) is 23.5 Å². The summed E-state index contributed by atoms with van der Waals surface area (Å²) in [6.07, 6.45) is 0. The fraction of sp³-hybridized carbons (Fsp3) is 0.480. The molecule has 3 fully saturated rings. The van der Waals surface area contributed by atoms with E-state index in [1.54, 1.807) is 7.11 Å². The van der Waals surface area contributed by atoms with Gasteiger partial charge in [0.15, 0.2) is 0 Å². The fourth-order valence-corrected chi connectivity index (χ4v) is 5.69. The smallest absolute Gasteiger partial charge is 0.231 e. The number of nitrogens with one attached hydrogen (secondary N) is 1. The quantitative estimate of drug-likeness (QED) is 0.383. The Kier molecular flexibility index (Phi) is 6.42. The zero-order valence-electron chi connectivity index (χ0n) is 19.8. The molecular formula is C25H33N6OS+. The lowest BCUT2D eigenvalue weighted by Gasteiger charge is -2.50. The molecule has 1 N–H and O–H groups in total. The van der Waals surface area contributed by atoms with Gasteiger partial charge in [-0.05, 0) is 43.2 Å². The second-order valence-corrected chi connectivity index (χ2v) is 10.3. The largest absolute Gasteiger partial charge is 0.497 e. The number of benzene rings is 2. The Hall–Kier alpha value is -2.39.